The van der Waals surface area contributed by atoms with Crippen LogP contribution in [0.15, 0.2) is 30.5 Å². The number of fused-ring (bicyclic) bond motifs is 1. The first-order valence-corrected chi connectivity index (χ1v) is 6.92. The molecule has 1 aromatic heterocycles. The van der Waals surface area contributed by atoms with E-state index in [1.54, 1.807) is 7.11 Å². The molecule has 2 aromatic rings. The number of hydrogen-bond donors (Lipinski definition) is 0. The molecule has 0 fully saturated rings. The Bertz CT molecular complexity index is 574. The zero-order valence-corrected chi connectivity index (χ0v) is 11.6. The van der Waals surface area contributed by atoms with Crippen LogP contribution in [-0.4, -0.2) is 16.7 Å². The van der Waals surface area contributed by atoms with Gasteiger partial charge in [0.05, 0.1) is 12.8 Å². The summed E-state index contributed by atoms with van der Waals surface area (Å²) in [5, 5.41) is 0. The number of imidazole rings is 1. The van der Waals surface area contributed by atoms with Crippen molar-refractivity contribution in [1.29, 1.82) is 0 Å². The van der Waals surface area contributed by atoms with Crippen LogP contribution in [0.2, 0.25) is 0 Å². The van der Waals surface area contributed by atoms with Gasteiger partial charge in [-0.25, -0.2) is 4.98 Å². The number of ether oxygens (including phenoxy) is 1. The molecule has 0 amide bonds. The standard InChI is InChI=1S/C16H20N2O/c1-12-6-7-18-11-14(17-16(18)8-12)9-13-4-3-5-15(10-13)19-2/h3-5,10-12H,6-9H2,1-2H3. The molecule has 3 nitrogen and oxygen atoms in total. The fourth-order valence-corrected chi connectivity index (χ4v) is 2.72. The van der Waals surface area contributed by atoms with Crippen LogP contribution in [0, 0.1) is 5.92 Å². The van der Waals surface area contributed by atoms with Gasteiger partial charge >= 0.3 is 0 Å². The van der Waals surface area contributed by atoms with E-state index >= 15 is 0 Å². The van der Waals surface area contributed by atoms with E-state index in [2.05, 4.69) is 29.8 Å². The van der Waals surface area contributed by atoms with Gasteiger partial charge in [-0.15, -0.1) is 0 Å². The molecule has 0 saturated carbocycles. The van der Waals surface area contributed by atoms with Crippen LogP contribution in [-0.2, 0) is 19.4 Å². The molecule has 1 atom stereocenters. The fraction of sp³-hybridized carbons (Fsp3) is 0.438. The number of hydrogen-bond acceptors (Lipinski definition) is 2. The average molecular weight is 256 g/mol. The molecule has 19 heavy (non-hydrogen) atoms. The first-order valence-electron chi connectivity index (χ1n) is 6.92. The smallest absolute Gasteiger partial charge is 0.119 e. The van der Waals surface area contributed by atoms with Crippen molar-refractivity contribution in [3.8, 4) is 5.75 Å². The molecule has 1 aromatic carbocycles. The van der Waals surface area contributed by atoms with Gasteiger partial charge in [0.15, 0.2) is 0 Å². The topological polar surface area (TPSA) is 27.1 Å². The Kier molecular flexibility index (Phi) is 3.28. The summed E-state index contributed by atoms with van der Waals surface area (Å²) in [6.45, 7) is 3.42. The molecular weight excluding hydrogens is 236 g/mol. The first-order chi connectivity index (χ1) is 9.24. The number of methoxy groups -OCH3 is 1. The highest BCUT2D eigenvalue weighted by Gasteiger charge is 2.17. The van der Waals surface area contributed by atoms with Crippen molar-refractivity contribution in [2.45, 2.75) is 32.7 Å². The lowest BCUT2D eigenvalue weighted by molar-refractivity contribution is 0.409. The van der Waals surface area contributed by atoms with E-state index in [4.69, 9.17) is 9.72 Å². The summed E-state index contributed by atoms with van der Waals surface area (Å²) in [7, 11) is 1.70. The molecule has 3 rings (SSSR count). The van der Waals surface area contributed by atoms with Gasteiger partial charge in [-0.05, 0) is 30.0 Å². The SMILES string of the molecule is COc1cccc(Cc2cn3c(n2)CC(C)CC3)c1. The lowest BCUT2D eigenvalue weighted by Crippen LogP contribution is -2.16. The van der Waals surface area contributed by atoms with Gasteiger partial charge in [-0.2, -0.15) is 0 Å². The second-order valence-electron chi connectivity index (χ2n) is 5.47. The summed E-state index contributed by atoms with van der Waals surface area (Å²) in [5.74, 6) is 2.92. The van der Waals surface area contributed by atoms with Crippen molar-refractivity contribution in [3.05, 3.63) is 47.5 Å². The zero-order valence-electron chi connectivity index (χ0n) is 11.6. The van der Waals surface area contributed by atoms with Crippen molar-refractivity contribution in [2.24, 2.45) is 5.92 Å². The normalized spacial score (nSPS) is 18.1. The lowest BCUT2D eigenvalue weighted by atomic mass is 10.0. The zero-order chi connectivity index (χ0) is 13.2. The number of aromatic nitrogens is 2. The maximum Gasteiger partial charge on any atom is 0.119 e. The molecule has 0 saturated heterocycles. The van der Waals surface area contributed by atoms with E-state index in [1.807, 2.05) is 12.1 Å². The second kappa shape index (κ2) is 5.08. The molecule has 1 aliphatic rings. The number of benzene rings is 1. The van der Waals surface area contributed by atoms with Crippen molar-refractivity contribution in [1.82, 2.24) is 9.55 Å². The molecule has 0 radical (unpaired) electrons. The minimum atomic E-state index is 0.763. The molecule has 0 bridgehead atoms. The van der Waals surface area contributed by atoms with Crippen LogP contribution < -0.4 is 4.74 Å². The molecule has 100 valence electrons. The second-order valence-corrected chi connectivity index (χ2v) is 5.47. The summed E-state index contributed by atoms with van der Waals surface area (Å²) < 4.78 is 7.58. The molecule has 0 N–H and O–H groups in total. The molecule has 3 heteroatoms. The molecule has 2 heterocycles. The maximum absolute atomic E-state index is 5.26. The number of rotatable bonds is 3. The lowest BCUT2D eigenvalue weighted by Gasteiger charge is -2.18. The predicted octanol–water partition coefficient (Wildman–Crippen LogP) is 3.06. The Hall–Kier alpha value is -1.77. The Morgan fingerprint density at radius 2 is 2.32 bits per heavy atom. The summed E-state index contributed by atoms with van der Waals surface area (Å²) in [6.07, 6.45) is 5.46. The molecular formula is C16H20N2O. The van der Waals surface area contributed by atoms with Crippen molar-refractivity contribution in [2.75, 3.05) is 7.11 Å². The van der Waals surface area contributed by atoms with Gasteiger partial charge in [0.2, 0.25) is 0 Å². The van der Waals surface area contributed by atoms with Crippen LogP contribution in [0.3, 0.4) is 0 Å². The van der Waals surface area contributed by atoms with E-state index in [1.165, 1.54) is 17.8 Å². The highest BCUT2D eigenvalue weighted by molar-refractivity contribution is 5.31. The van der Waals surface area contributed by atoms with Crippen LogP contribution in [0.25, 0.3) is 0 Å². The summed E-state index contributed by atoms with van der Waals surface area (Å²) >= 11 is 0. The highest BCUT2D eigenvalue weighted by Crippen LogP contribution is 2.21. The van der Waals surface area contributed by atoms with Gasteiger partial charge < -0.3 is 9.30 Å². The predicted molar refractivity (Wildman–Crippen MR) is 75.5 cm³/mol. The third kappa shape index (κ3) is 2.65. The van der Waals surface area contributed by atoms with Gasteiger partial charge in [0, 0.05) is 25.6 Å². The Labute approximate surface area is 114 Å². The van der Waals surface area contributed by atoms with Crippen molar-refractivity contribution >= 4 is 0 Å². The molecule has 1 aliphatic heterocycles. The van der Waals surface area contributed by atoms with E-state index in [9.17, 15) is 0 Å². The average Bonchev–Trinajstić information content (AvgIpc) is 2.80. The van der Waals surface area contributed by atoms with Gasteiger partial charge in [0.25, 0.3) is 0 Å². The van der Waals surface area contributed by atoms with Crippen molar-refractivity contribution < 1.29 is 4.74 Å². The van der Waals surface area contributed by atoms with Crippen LogP contribution >= 0.6 is 0 Å². The summed E-state index contributed by atoms with van der Waals surface area (Å²) in [6, 6.07) is 8.22. The molecule has 1 unspecified atom stereocenters. The van der Waals surface area contributed by atoms with Crippen molar-refractivity contribution in [3.63, 3.8) is 0 Å². The third-order valence-corrected chi connectivity index (χ3v) is 3.82. The third-order valence-electron chi connectivity index (χ3n) is 3.82. The highest BCUT2D eigenvalue weighted by atomic mass is 16.5. The van der Waals surface area contributed by atoms with Gasteiger partial charge in [-0.3, -0.25) is 0 Å². The summed E-state index contributed by atoms with van der Waals surface area (Å²) in [4.78, 5) is 4.77. The minimum absolute atomic E-state index is 0.763. The monoisotopic (exact) mass is 256 g/mol. The van der Waals surface area contributed by atoms with Crippen LogP contribution in [0.4, 0.5) is 0 Å². The fourth-order valence-electron chi connectivity index (χ4n) is 2.72. The van der Waals surface area contributed by atoms with E-state index in [0.717, 1.165) is 36.7 Å². The number of aryl methyl sites for hydroxylation is 1. The van der Waals surface area contributed by atoms with Crippen LogP contribution in [0.5, 0.6) is 5.75 Å². The maximum atomic E-state index is 5.26. The largest absolute Gasteiger partial charge is 0.497 e. The molecule has 0 aliphatic carbocycles. The Morgan fingerprint density at radius 1 is 1.42 bits per heavy atom. The minimum Gasteiger partial charge on any atom is -0.497 e. The molecule has 0 spiro atoms. The van der Waals surface area contributed by atoms with E-state index in [0.29, 0.717) is 0 Å². The van der Waals surface area contributed by atoms with Gasteiger partial charge in [-0.1, -0.05) is 19.1 Å². The van der Waals surface area contributed by atoms with E-state index in [-0.39, 0.29) is 0 Å². The van der Waals surface area contributed by atoms with Gasteiger partial charge in [0.1, 0.15) is 11.6 Å². The van der Waals surface area contributed by atoms with Crippen LogP contribution in [0.1, 0.15) is 30.4 Å². The first kappa shape index (κ1) is 12.3. The Balaban J connectivity index is 1.80. The number of nitrogens with zero attached hydrogens (tertiary/aromatic N) is 2. The Morgan fingerprint density at radius 3 is 3.16 bits per heavy atom. The van der Waals surface area contributed by atoms with E-state index < -0.39 is 0 Å². The quantitative estimate of drug-likeness (QED) is 0.844. The summed E-state index contributed by atoms with van der Waals surface area (Å²) in [5.41, 5.74) is 2.42.